The molecule has 0 amide bonds. The van der Waals surface area contributed by atoms with Gasteiger partial charge in [0.05, 0.1) is 19.3 Å². The number of nitrogens with one attached hydrogen (secondary N) is 2. The van der Waals surface area contributed by atoms with Crippen LogP contribution >= 0.6 is 12.2 Å². The lowest BCUT2D eigenvalue weighted by molar-refractivity contribution is 0.0896. The van der Waals surface area contributed by atoms with Gasteiger partial charge in [0.2, 0.25) is 0 Å². The van der Waals surface area contributed by atoms with Crippen LogP contribution in [0.1, 0.15) is 30.9 Å². The summed E-state index contributed by atoms with van der Waals surface area (Å²) in [5.74, 6) is 0.786. The average Bonchev–Trinajstić information content (AvgIpc) is 3.32. The Labute approximate surface area is 193 Å². The first-order valence-electron chi connectivity index (χ1n) is 11.1. The zero-order valence-corrected chi connectivity index (χ0v) is 19.1. The summed E-state index contributed by atoms with van der Waals surface area (Å²) < 4.78 is 11.5. The minimum atomic E-state index is -0.107. The van der Waals surface area contributed by atoms with Crippen molar-refractivity contribution in [3.63, 3.8) is 0 Å². The molecular weight excluding hydrogens is 422 g/mol. The first kappa shape index (κ1) is 22.3. The summed E-state index contributed by atoms with van der Waals surface area (Å²) in [7, 11) is 0. The Kier molecular flexibility index (Phi) is 7.39. The molecule has 0 spiro atoms. The molecule has 1 aliphatic rings. The maximum Gasteiger partial charge on any atom is 0.253 e. The smallest absolute Gasteiger partial charge is 0.253 e. The van der Waals surface area contributed by atoms with Gasteiger partial charge in [0.1, 0.15) is 5.75 Å². The van der Waals surface area contributed by atoms with E-state index in [2.05, 4.69) is 22.4 Å². The molecule has 7 heteroatoms. The fourth-order valence-corrected chi connectivity index (χ4v) is 4.16. The Morgan fingerprint density at radius 3 is 2.84 bits per heavy atom. The van der Waals surface area contributed by atoms with Crippen LogP contribution in [0, 0.1) is 0 Å². The van der Waals surface area contributed by atoms with Gasteiger partial charge >= 0.3 is 0 Å². The summed E-state index contributed by atoms with van der Waals surface area (Å²) >= 11 is 5.73. The number of nitrogens with zero attached hydrogens (tertiary/aromatic N) is 1. The third-order valence-corrected chi connectivity index (χ3v) is 5.99. The van der Waals surface area contributed by atoms with Gasteiger partial charge in [-0.2, -0.15) is 0 Å². The van der Waals surface area contributed by atoms with Gasteiger partial charge in [-0.05, 0) is 61.8 Å². The van der Waals surface area contributed by atoms with Crippen LogP contribution in [-0.4, -0.2) is 40.9 Å². The van der Waals surface area contributed by atoms with Crippen LogP contribution in [-0.2, 0) is 17.8 Å². The Morgan fingerprint density at radius 2 is 2.09 bits per heavy atom. The molecule has 1 saturated heterocycles. The van der Waals surface area contributed by atoms with Gasteiger partial charge in [-0.1, -0.05) is 30.3 Å². The second kappa shape index (κ2) is 10.6. The number of aromatic amines is 1. The highest BCUT2D eigenvalue weighted by atomic mass is 32.1. The van der Waals surface area contributed by atoms with Crippen molar-refractivity contribution >= 4 is 28.2 Å². The molecule has 1 aromatic heterocycles. The number of thiocarbonyl (C=S) groups is 1. The minimum Gasteiger partial charge on any atom is -0.494 e. The number of benzene rings is 2. The normalized spacial score (nSPS) is 15.6. The molecule has 168 valence electrons. The van der Waals surface area contributed by atoms with Gasteiger partial charge in [0, 0.05) is 36.2 Å². The molecule has 4 rings (SSSR count). The van der Waals surface area contributed by atoms with Crippen molar-refractivity contribution in [1.29, 1.82) is 0 Å². The fraction of sp³-hybridized carbons (Fsp3) is 0.360. The van der Waals surface area contributed by atoms with Crippen LogP contribution in [0.3, 0.4) is 0 Å². The summed E-state index contributed by atoms with van der Waals surface area (Å²) in [6.07, 6.45) is 2.18. The predicted octanol–water partition coefficient (Wildman–Crippen LogP) is 3.98. The molecular formula is C25H29N3O3S. The topological polar surface area (TPSA) is 66.6 Å². The van der Waals surface area contributed by atoms with E-state index in [1.165, 1.54) is 0 Å². The largest absolute Gasteiger partial charge is 0.494 e. The number of hydrogen-bond donors (Lipinski definition) is 2. The van der Waals surface area contributed by atoms with Crippen molar-refractivity contribution in [2.45, 2.75) is 39.0 Å². The molecule has 1 aliphatic heterocycles. The highest BCUT2D eigenvalue weighted by Gasteiger charge is 2.22. The summed E-state index contributed by atoms with van der Waals surface area (Å²) in [6, 6.07) is 17.8. The van der Waals surface area contributed by atoms with E-state index in [1.807, 2.05) is 54.3 Å². The molecule has 0 saturated carbocycles. The molecule has 2 N–H and O–H groups in total. The maximum absolute atomic E-state index is 12.8. The second-order valence-corrected chi connectivity index (χ2v) is 8.35. The van der Waals surface area contributed by atoms with Crippen LogP contribution in [0.5, 0.6) is 5.75 Å². The molecule has 1 unspecified atom stereocenters. The second-order valence-electron chi connectivity index (χ2n) is 7.97. The molecule has 2 heterocycles. The molecule has 0 radical (unpaired) electrons. The first-order chi connectivity index (χ1) is 15.6. The van der Waals surface area contributed by atoms with E-state index in [4.69, 9.17) is 21.7 Å². The van der Waals surface area contributed by atoms with E-state index in [0.717, 1.165) is 41.7 Å². The third-order valence-electron chi connectivity index (χ3n) is 5.59. The molecule has 3 aromatic rings. The zero-order chi connectivity index (χ0) is 22.3. The summed E-state index contributed by atoms with van der Waals surface area (Å²) in [5, 5.41) is 4.90. The average molecular weight is 452 g/mol. The van der Waals surface area contributed by atoms with Gasteiger partial charge in [0.25, 0.3) is 5.56 Å². The lowest BCUT2D eigenvalue weighted by Crippen LogP contribution is -2.43. The third kappa shape index (κ3) is 5.66. The molecule has 1 fully saturated rings. The van der Waals surface area contributed by atoms with Crippen molar-refractivity contribution in [2.75, 3.05) is 19.8 Å². The van der Waals surface area contributed by atoms with Gasteiger partial charge in [-0.15, -0.1) is 0 Å². The van der Waals surface area contributed by atoms with E-state index in [9.17, 15) is 4.79 Å². The van der Waals surface area contributed by atoms with Crippen molar-refractivity contribution in [3.05, 3.63) is 76.1 Å². The number of pyridine rings is 1. The molecule has 32 heavy (non-hydrogen) atoms. The molecule has 0 bridgehead atoms. The Morgan fingerprint density at radius 1 is 1.25 bits per heavy atom. The Bertz CT molecular complexity index is 1110. The van der Waals surface area contributed by atoms with E-state index in [-0.39, 0.29) is 11.7 Å². The predicted molar refractivity (Wildman–Crippen MR) is 131 cm³/mol. The SMILES string of the molecule is CCOc1ccc2[nH]c(=O)c(CN(CC3CCCO3)C(=S)NCc3ccccc3)cc2c1. The molecule has 0 aliphatic carbocycles. The minimum absolute atomic E-state index is 0.107. The number of H-pyrrole nitrogens is 1. The summed E-state index contributed by atoms with van der Waals surface area (Å²) in [4.78, 5) is 17.8. The van der Waals surface area contributed by atoms with Crippen molar-refractivity contribution in [3.8, 4) is 5.75 Å². The van der Waals surface area contributed by atoms with Crippen molar-refractivity contribution in [2.24, 2.45) is 0 Å². The van der Waals surface area contributed by atoms with Crippen LogP contribution in [0.25, 0.3) is 10.9 Å². The molecule has 6 nitrogen and oxygen atoms in total. The number of hydrogen-bond acceptors (Lipinski definition) is 4. The molecule has 2 aromatic carbocycles. The van der Waals surface area contributed by atoms with Gasteiger partial charge < -0.3 is 24.7 Å². The first-order valence-corrected chi connectivity index (χ1v) is 11.5. The van der Waals surface area contributed by atoms with Crippen molar-refractivity contribution in [1.82, 2.24) is 15.2 Å². The highest BCUT2D eigenvalue weighted by molar-refractivity contribution is 7.80. The van der Waals surface area contributed by atoms with Crippen LogP contribution in [0.4, 0.5) is 0 Å². The van der Waals surface area contributed by atoms with E-state index >= 15 is 0 Å². The number of aromatic nitrogens is 1. The highest BCUT2D eigenvalue weighted by Crippen LogP contribution is 2.20. The maximum atomic E-state index is 12.8. The number of ether oxygens (including phenoxy) is 2. The summed E-state index contributed by atoms with van der Waals surface area (Å²) in [5.41, 5.74) is 2.49. The van der Waals surface area contributed by atoms with Crippen molar-refractivity contribution < 1.29 is 9.47 Å². The van der Waals surface area contributed by atoms with E-state index in [0.29, 0.717) is 36.9 Å². The number of fused-ring (bicyclic) bond motifs is 1. The van der Waals surface area contributed by atoms with Crippen LogP contribution in [0.15, 0.2) is 59.4 Å². The molecule has 1 atom stereocenters. The van der Waals surface area contributed by atoms with Crippen LogP contribution < -0.4 is 15.6 Å². The standard InChI is InChI=1S/C25H29N3O3S/c1-2-30-21-10-11-23-19(14-21)13-20(24(29)27-23)16-28(17-22-9-6-12-31-22)25(32)26-15-18-7-4-3-5-8-18/h3-5,7-8,10-11,13-14,22H,2,6,9,12,15-17H2,1H3,(H,26,32)(H,27,29). The van der Waals surface area contributed by atoms with Gasteiger partial charge in [0.15, 0.2) is 5.11 Å². The fourth-order valence-electron chi connectivity index (χ4n) is 3.95. The van der Waals surface area contributed by atoms with Gasteiger partial charge in [-0.3, -0.25) is 4.79 Å². The zero-order valence-electron chi connectivity index (χ0n) is 18.3. The quantitative estimate of drug-likeness (QED) is 0.505. The van der Waals surface area contributed by atoms with Crippen LogP contribution in [0.2, 0.25) is 0 Å². The summed E-state index contributed by atoms with van der Waals surface area (Å²) in [6.45, 7) is 5.02. The Hall–Kier alpha value is -2.90. The van der Waals surface area contributed by atoms with E-state index < -0.39 is 0 Å². The Balaban J connectivity index is 1.54. The lowest BCUT2D eigenvalue weighted by atomic mass is 10.1. The number of rotatable bonds is 8. The lowest BCUT2D eigenvalue weighted by Gasteiger charge is -2.28. The van der Waals surface area contributed by atoms with E-state index in [1.54, 1.807) is 0 Å². The monoisotopic (exact) mass is 451 g/mol. The van der Waals surface area contributed by atoms with Gasteiger partial charge in [-0.25, -0.2) is 0 Å².